The molecule has 0 saturated heterocycles. The fraction of sp³-hybridized carbons (Fsp3) is 0.310. The third-order valence-corrected chi connectivity index (χ3v) is 8.74. The van der Waals surface area contributed by atoms with Crippen molar-refractivity contribution in [1.82, 2.24) is 10.2 Å². The van der Waals surface area contributed by atoms with Crippen molar-refractivity contribution in [1.29, 1.82) is 0 Å². The summed E-state index contributed by atoms with van der Waals surface area (Å²) in [6, 6.07) is 15.8. The molecule has 1 unspecified atom stereocenters. The second-order valence-electron chi connectivity index (χ2n) is 9.44. The van der Waals surface area contributed by atoms with E-state index in [9.17, 15) is 18.0 Å². The first-order chi connectivity index (χ1) is 18.3. The highest BCUT2D eigenvalue weighted by molar-refractivity contribution is 7.92. The standard InChI is InChI=1S/C29H33Cl2N3O4S/c1-6-32-29(36)22(5)33(17-23-10-11-24(30)16-26(23)31)28(35)18-34(27-14-9-20(3)15-21(27)4)39(37,38)25-12-7-19(2)8-13-25/h7-16,22H,6,17-18H2,1-5H3,(H,32,36). The molecule has 3 rings (SSSR count). The van der Waals surface area contributed by atoms with Crippen LogP contribution in [0.5, 0.6) is 0 Å². The van der Waals surface area contributed by atoms with Crippen molar-refractivity contribution in [3.63, 3.8) is 0 Å². The number of benzene rings is 3. The van der Waals surface area contributed by atoms with Crippen LogP contribution in [-0.2, 0) is 26.2 Å². The van der Waals surface area contributed by atoms with Crippen LogP contribution in [-0.4, -0.2) is 44.3 Å². The van der Waals surface area contributed by atoms with E-state index in [-0.39, 0.29) is 17.3 Å². The number of aryl methyl sites for hydroxylation is 3. The minimum atomic E-state index is -4.14. The number of nitrogens with zero attached hydrogens (tertiary/aromatic N) is 2. The monoisotopic (exact) mass is 589 g/mol. The van der Waals surface area contributed by atoms with Gasteiger partial charge in [0, 0.05) is 23.1 Å². The lowest BCUT2D eigenvalue weighted by atomic mass is 10.1. The molecule has 0 aliphatic rings. The van der Waals surface area contributed by atoms with Crippen LogP contribution in [0.3, 0.4) is 0 Å². The minimum absolute atomic E-state index is 0.0154. The molecule has 0 aliphatic carbocycles. The summed E-state index contributed by atoms with van der Waals surface area (Å²) >= 11 is 12.4. The third kappa shape index (κ3) is 7.32. The Hall–Kier alpha value is -3.07. The van der Waals surface area contributed by atoms with Gasteiger partial charge in [-0.1, -0.05) is 64.7 Å². The average Bonchev–Trinajstić information content (AvgIpc) is 2.87. The topological polar surface area (TPSA) is 86.8 Å². The summed E-state index contributed by atoms with van der Waals surface area (Å²) in [6.07, 6.45) is 0. The van der Waals surface area contributed by atoms with E-state index in [1.165, 1.54) is 17.0 Å². The van der Waals surface area contributed by atoms with Gasteiger partial charge in [-0.25, -0.2) is 8.42 Å². The highest BCUT2D eigenvalue weighted by Gasteiger charge is 2.33. The predicted octanol–water partition coefficient (Wildman–Crippen LogP) is 5.67. The number of nitrogens with one attached hydrogen (secondary N) is 1. The molecule has 0 bridgehead atoms. The van der Waals surface area contributed by atoms with Gasteiger partial charge in [-0.05, 0) is 76.1 Å². The Balaban J connectivity index is 2.08. The van der Waals surface area contributed by atoms with E-state index in [2.05, 4.69) is 5.32 Å². The normalized spacial score (nSPS) is 12.1. The lowest BCUT2D eigenvalue weighted by molar-refractivity contribution is -0.139. The summed E-state index contributed by atoms with van der Waals surface area (Å²) in [5.74, 6) is -0.925. The molecule has 2 amide bonds. The SMILES string of the molecule is CCNC(=O)C(C)N(Cc1ccc(Cl)cc1Cl)C(=O)CN(c1ccc(C)cc1C)S(=O)(=O)c1ccc(C)cc1. The van der Waals surface area contributed by atoms with E-state index < -0.39 is 28.5 Å². The molecule has 0 aromatic heterocycles. The van der Waals surface area contributed by atoms with E-state index in [0.29, 0.717) is 33.4 Å². The molecule has 10 heteroatoms. The van der Waals surface area contributed by atoms with Crippen LogP contribution in [0.1, 0.15) is 36.1 Å². The lowest BCUT2D eigenvalue weighted by Gasteiger charge is -2.32. The second-order valence-corrected chi connectivity index (χ2v) is 12.1. The van der Waals surface area contributed by atoms with Crippen LogP contribution in [0, 0.1) is 20.8 Å². The zero-order valence-corrected chi connectivity index (χ0v) is 25.0. The molecule has 1 N–H and O–H groups in total. The summed E-state index contributed by atoms with van der Waals surface area (Å²) in [7, 11) is -4.14. The Labute approximate surface area is 240 Å². The van der Waals surface area contributed by atoms with E-state index in [1.54, 1.807) is 63.2 Å². The summed E-state index contributed by atoms with van der Waals surface area (Å²) in [6.45, 7) is 8.80. The number of halogens is 2. The molecule has 0 saturated carbocycles. The van der Waals surface area contributed by atoms with Gasteiger partial charge in [-0.15, -0.1) is 0 Å². The highest BCUT2D eigenvalue weighted by Crippen LogP contribution is 2.29. The van der Waals surface area contributed by atoms with Crippen molar-refractivity contribution >= 4 is 50.7 Å². The van der Waals surface area contributed by atoms with Crippen LogP contribution in [0.2, 0.25) is 10.0 Å². The molecule has 0 aliphatic heterocycles. The summed E-state index contributed by atoms with van der Waals surface area (Å²) in [5.41, 5.74) is 3.52. The Morgan fingerprint density at radius 1 is 0.923 bits per heavy atom. The van der Waals surface area contributed by atoms with Crippen LogP contribution in [0.15, 0.2) is 65.6 Å². The number of hydrogen-bond acceptors (Lipinski definition) is 4. The average molecular weight is 591 g/mol. The van der Waals surface area contributed by atoms with Crippen LogP contribution in [0.25, 0.3) is 0 Å². The minimum Gasteiger partial charge on any atom is -0.355 e. The molecule has 3 aromatic rings. The zero-order chi connectivity index (χ0) is 28.9. The molecule has 0 spiro atoms. The van der Waals surface area contributed by atoms with Gasteiger partial charge in [0.05, 0.1) is 10.6 Å². The lowest BCUT2D eigenvalue weighted by Crippen LogP contribution is -2.51. The van der Waals surface area contributed by atoms with Gasteiger partial charge in [0.15, 0.2) is 0 Å². The maximum absolute atomic E-state index is 13.9. The second kappa shape index (κ2) is 12.9. The first-order valence-corrected chi connectivity index (χ1v) is 14.7. The van der Waals surface area contributed by atoms with E-state index in [1.807, 2.05) is 19.9 Å². The van der Waals surface area contributed by atoms with Crippen molar-refractivity contribution in [2.45, 2.75) is 52.1 Å². The first kappa shape index (κ1) is 30.5. The van der Waals surface area contributed by atoms with Crippen molar-refractivity contribution < 1.29 is 18.0 Å². The van der Waals surface area contributed by atoms with Gasteiger partial charge in [0.1, 0.15) is 12.6 Å². The number of likely N-dealkylation sites (N-methyl/N-ethyl adjacent to an activating group) is 1. The molecule has 39 heavy (non-hydrogen) atoms. The summed E-state index contributed by atoms with van der Waals surface area (Å²) in [4.78, 5) is 28.2. The van der Waals surface area contributed by atoms with Crippen LogP contribution < -0.4 is 9.62 Å². The summed E-state index contributed by atoms with van der Waals surface area (Å²) < 4.78 is 29.0. The van der Waals surface area contributed by atoms with Gasteiger partial charge in [-0.3, -0.25) is 13.9 Å². The number of carbonyl (C=O) groups excluding carboxylic acids is 2. The van der Waals surface area contributed by atoms with Gasteiger partial charge >= 0.3 is 0 Å². The molecule has 1 atom stereocenters. The fourth-order valence-corrected chi connectivity index (χ4v) is 6.12. The number of sulfonamides is 1. The number of amides is 2. The van der Waals surface area contributed by atoms with Crippen molar-refractivity contribution in [3.05, 3.63) is 93.0 Å². The fourth-order valence-electron chi connectivity index (χ4n) is 4.17. The molecule has 0 fully saturated rings. The number of carbonyl (C=O) groups is 2. The van der Waals surface area contributed by atoms with Gasteiger partial charge in [0.2, 0.25) is 11.8 Å². The first-order valence-electron chi connectivity index (χ1n) is 12.5. The Morgan fingerprint density at radius 2 is 1.56 bits per heavy atom. The quantitative estimate of drug-likeness (QED) is 0.330. The molecule has 0 radical (unpaired) electrons. The maximum atomic E-state index is 13.9. The molecule has 208 valence electrons. The van der Waals surface area contributed by atoms with Gasteiger partial charge < -0.3 is 10.2 Å². The highest BCUT2D eigenvalue weighted by atomic mass is 35.5. The van der Waals surface area contributed by atoms with Crippen molar-refractivity contribution in [3.8, 4) is 0 Å². The third-order valence-electron chi connectivity index (χ3n) is 6.38. The van der Waals surface area contributed by atoms with Gasteiger partial charge in [0.25, 0.3) is 10.0 Å². The number of anilines is 1. The van der Waals surface area contributed by atoms with E-state index in [0.717, 1.165) is 15.4 Å². The van der Waals surface area contributed by atoms with Crippen molar-refractivity contribution in [2.24, 2.45) is 0 Å². The number of rotatable bonds is 10. The molecule has 0 heterocycles. The summed E-state index contributed by atoms with van der Waals surface area (Å²) in [5, 5.41) is 3.50. The van der Waals surface area contributed by atoms with Gasteiger partial charge in [-0.2, -0.15) is 0 Å². The molecular formula is C29H33Cl2N3O4S. The predicted molar refractivity (Wildman–Crippen MR) is 157 cm³/mol. The largest absolute Gasteiger partial charge is 0.355 e. The van der Waals surface area contributed by atoms with Crippen LogP contribution >= 0.6 is 23.2 Å². The van der Waals surface area contributed by atoms with E-state index in [4.69, 9.17) is 23.2 Å². The molecule has 3 aromatic carbocycles. The Bertz CT molecular complexity index is 1460. The maximum Gasteiger partial charge on any atom is 0.264 e. The smallest absolute Gasteiger partial charge is 0.264 e. The van der Waals surface area contributed by atoms with E-state index >= 15 is 0 Å². The Kier molecular flexibility index (Phi) is 10.0. The number of hydrogen-bond donors (Lipinski definition) is 1. The zero-order valence-electron chi connectivity index (χ0n) is 22.7. The molecular weight excluding hydrogens is 557 g/mol. The Morgan fingerprint density at radius 3 is 2.15 bits per heavy atom. The van der Waals surface area contributed by atoms with Crippen molar-refractivity contribution in [2.75, 3.05) is 17.4 Å². The molecule has 7 nitrogen and oxygen atoms in total. The van der Waals surface area contributed by atoms with Crippen LogP contribution in [0.4, 0.5) is 5.69 Å².